The maximum atomic E-state index is 13.0. The van der Waals surface area contributed by atoms with Gasteiger partial charge in [-0.15, -0.1) is 0 Å². The summed E-state index contributed by atoms with van der Waals surface area (Å²) in [4.78, 5) is 23.5. The summed E-state index contributed by atoms with van der Waals surface area (Å²) in [7, 11) is 0. The number of pyridine rings is 1. The van der Waals surface area contributed by atoms with E-state index in [0.717, 1.165) is 17.0 Å². The van der Waals surface area contributed by atoms with Crippen molar-refractivity contribution in [2.24, 2.45) is 0 Å². The van der Waals surface area contributed by atoms with Crippen molar-refractivity contribution < 1.29 is 9.21 Å². The van der Waals surface area contributed by atoms with Gasteiger partial charge in [0.15, 0.2) is 5.65 Å². The van der Waals surface area contributed by atoms with Crippen LogP contribution in [0.3, 0.4) is 0 Å². The van der Waals surface area contributed by atoms with Gasteiger partial charge in [0, 0.05) is 18.5 Å². The minimum atomic E-state index is -0.0870. The third kappa shape index (κ3) is 2.36. The van der Waals surface area contributed by atoms with E-state index in [1.807, 2.05) is 42.5 Å². The predicted octanol–water partition coefficient (Wildman–Crippen LogP) is 2.58. The third-order valence-corrected chi connectivity index (χ3v) is 4.56. The summed E-state index contributed by atoms with van der Waals surface area (Å²) >= 11 is 0. The van der Waals surface area contributed by atoms with Gasteiger partial charge in [0.05, 0.1) is 6.54 Å². The Morgan fingerprint density at radius 2 is 1.96 bits per heavy atom. The molecule has 0 saturated carbocycles. The largest absolute Gasteiger partial charge is 0.441 e. The number of amides is 1. The smallest absolute Gasteiger partial charge is 0.272 e. The molecule has 0 unspecified atom stereocenters. The van der Waals surface area contributed by atoms with E-state index < -0.39 is 0 Å². The van der Waals surface area contributed by atoms with Crippen LogP contribution in [-0.4, -0.2) is 36.9 Å². The van der Waals surface area contributed by atoms with Crippen LogP contribution in [0.15, 0.2) is 59.3 Å². The molecule has 1 amide bonds. The Morgan fingerprint density at radius 1 is 1.08 bits per heavy atom. The van der Waals surface area contributed by atoms with Gasteiger partial charge in [0.2, 0.25) is 5.89 Å². The molecule has 4 heterocycles. The first-order valence-electron chi connectivity index (χ1n) is 8.41. The highest BCUT2D eigenvalue weighted by Gasteiger charge is 2.27. The maximum absolute atomic E-state index is 13.0. The molecule has 0 N–H and O–H groups in total. The van der Waals surface area contributed by atoms with Crippen molar-refractivity contribution in [3.05, 3.63) is 72.0 Å². The molecule has 26 heavy (non-hydrogen) atoms. The van der Waals surface area contributed by atoms with Gasteiger partial charge in [-0.05, 0) is 24.3 Å². The molecule has 128 valence electrons. The summed E-state index contributed by atoms with van der Waals surface area (Å²) in [6.07, 6.45) is 2.10. The van der Waals surface area contributed by atoms with Gasteiger partial charge >= 0.3 is 0 Å². The molecular formula is C19H15N5O2. The van der Waals surface area contributed by atoms with Crippen LogP contribution < -0.4 is 0 Å². The first-order valence-corrected chi connectivity index (χ1v) is 8.41. The highest BCUT2D eigenvalue weighted by Crippen LogP contribution is 2.26. The lowest BCUT2D eigenvalue weighted by Gasteiger charge is -2.25. The van der Waals surface area contributed by atoms with Crippen molar-refractivity contribution in [2.45, 2.75) is 13.0 Å². The molecule has 0 bridgehead atoms. The number of aromatic nitrogens is 4. The van der Waals surface area contributed by atoms with E-state index in [9.17, 15) is 4.79 Å². The quantitative estimate of drug-likeness (QED) is 0.558. The zero-order chi connectivity index (χ0) is 17.5. The molecule has 0 saturated heterocycles. The van der Waals surface area contributed by atoms with Gasteiger partial charge in [-0.3, -0.25) is 4.79 Å². The molecule has 4 aromatic rings. The average Bonchev–Trinajstić information content (AvgIpc) is 3.34. The van der Waals surface area contributed by atoms with Crippen LogP contribution in [-0.2, 0) is 13.0 Å². The molecule has 5 rings (SSSR count). The summed E-state index contributed by atoms with van der Waals surface area (Å²) < 4.78 is 7.47. The lowest BCUT2D eigenvalue weighted by atomic mass is 10.1. The van der Waals surface area contributed by atoms with E-state index in [1.54, 1.807) is 15.5 Å². The Kier molecular flexibility index (Phi) is 3.31. The number of nitrogens with zero attached hydrogens (tertiary/aromatic N) is 5. The van der Waals surface area contributed by atoms with Crippen LogP contribution in [0.1, 0.15) is 21.9 Å². The van der Waals surface area contributed by atoms with Crippen LogP contribution in [0.4, 0.5) is 0 Å². The van der Waals surface area contributed by atoms with Crippen LogP contribution >= 0.6 is 0 Å². The van der Waals surface area contributed by atoms with Crippen molar-refractivity contribution in [3.63, 3.8) is 0 Å². The number of benzene rings is 1. The first kappa shape index (κ1) is 14.8. The second kappa shape index (κ2) is 5.80. The number of fused-ring (bicyclic) bond motifs is 2. The van der Waals surface area contributed by atoms with Gasteiger partial charge in [-0.1, -0.05) is 24.3 Å². The van der Waals surface area contributed by atoms with Crippen LogP contribution in [0.25, 0.3) is 17.1 Å². The SMILES string of the molecule is O=C(c1cccc2ncnn12)N1CCc2oc(-c3ccccc3)nc2C1. The molecule has 1 aromatic carbocycles. The molecule has 0 fully saturated rings. The number of carbonyl (C=O) groups excluding carboxylic acids is 1. The number of hydrogen-bond donors (Lipinski definition) is 0. The number of carbonyl (C=O) groups is 1. The van der Waals surface area contributed by atoms with Gasteiger partial charge < -0.3 is 9.32 Å². The van der Waals surface area contributed by atoms with E-state index >= 15 is 0 Å². The van der Waals surface area contributed by atoms with Gasteiger partial charge in [0.1, 0.15) is 23.5 Å². The Morgan fingerprint density at radius 3 is 2.85 bits per heavy atom. The molecular weight excluding hydrogens is 330 g/mol. The highest BCUT2D eigenvalue weighted by molar-refractivity contribution is 5.93. The van der Waals surface area contributed by atoms with Crippen LogP contribution in [0.2, 0.25) is 0 Å². The summed E-state index contributed by atoms with van der Waals surface area (Å²) in [5, 5.41) is 4.15. The second-order valence-corrected chi connectivity index (χ2v) is 6.17. The monoisotopic (exact) mass is 345 g/mol. The van der Waals surface area contributed by atoms with Crippen molar-refractivity contribution in [3.8, 4) is 11.5 Å². The molecule has 0 spiro atoms. The van der Waals surface area contributed by atoms with E-state index in [1.165, 1.54) is 6.33 Å². The van der Waals surface area contributed by atoms with E-state index in [2.05, 4.69) is 15.1 Å². The minimum absolute atomic E-state index is 0.0870. The minimum Gasteiger partial charge on any atom is -0.441 e. The molecule has 7 nitrogen and oxygen atoms in total. The predicted molar refractivity (Wildman–Crippen MR) is 93.4 cm³/mol. The van der Waals surface area contributed by atoms with Crippen molar-refractivity contribution in [1.29, 1.82) is 0 Å². The fourth-order valence-electron chi connectivity index (χ4n) is 3.25. The molecule has 1 aliphatic rings. The Balaban J connectivity index is 1.45. The Labute approximate surface area is 148 Å². The second-order valence-electron chi connectivity index (χ2n) is 6.17. The average molecular weight is 345 g/mol. The highest BCUT2D eigenvalue weighted by atomic mass is 16.4. The van der Waals surface area contributed by atoms with Crippen molar-refractivity contribution in [1.82, 2.24) is 24.5 Å². The lowest BCUT2D eigenvalue weighted by Crippen LogP contribution is -2.36. The molecule has 1 aliphatic heterocycles. The van der Waals surface area contributed by atoms with Crippen LogP contribution in [0.5, 0.6) is 0 Å². The molecule has 3 aromatic heterocycles. The Bertz CT molecular complexity index is 1100. The maximum Gasteiger partial charge on any atom is 0.272 e. The molecule has 0 atom stereocenters. The standard InChI is InChI=1S/C19H15N5O2/c25-19(15-7-4-8-17-20-12-21-24(15)17)23-10-9-16-14(11-23)22-18(26-16)13-5-2-1-3-6-13/h1-8,12H,9-11H2. The first-order chi connectivity index (χ1) is 12.8. The normalized spacial score (nSPS) is 13.8. The van der Waals surface area contributed by atoms with Gasteiger partial charge in [-0.25, -0.2) is 14.5 Å². The van der Waals surface area contributed by atoms with E-state index in [-0.39, 0.29) is 5.91 Å². The number of hydrogen-bond acceptors (Lipinski definition) is 5. The van der Waals surface area contributed by atoms with Crippen molar-refractivity contribution in [2.75, 3.05) is 6.54 Å². The van der Waals surface area contributed by atoms with Crippen molar-refractivity contribution >= 4 is 11.6 Å². The van der Waals surface area contributed by atoms with Gasteiger partial charge in [-0.2, -0.15) is 5.10 Å². The van der Waals surface area contributed by atoms with Gasteiger partial charge in [0.25, 0.3) is 5.91 Å². The zero-order valence-corrected chi connectivity index (χ0v) is 13.9. The lowest BCUT2D eigenvalue weighted by molar-refractivity contribution is 0.0719. The topological polar surface area (TPSA) is 76.5 Å². The zero-order valence-electron chi connectivity index (χ0n) is 13.9. The fourth-order valence-corrected chi connectivity index (χ4v) is 3.25. The fraction of sp³-hybridized carbons (Fsp3) is 0.158. The molecule has 0 radical (unpaired) electrons. The summed E-state index contributed by atoms with van der Waals surface area (Å²) in [5.41, 5.74) is 2.90. The molecule has 0 aliphatic carbocycles. The summed E-state index contributed by atoms with van der Waals surface area (Å²) in [6.45, 7) is 1.01. The Hall–Kier alpha value is -3.48. The van der Waals surface area contributed by atoms with Crippen LogP contribution in [0, 0.1) is 0 Å². The van der Waals surface area contributed by atoms with E-state index in [0.29, 0.717) is 36.7 Å². The number of rotatable bonds is 2. The summed E-state index contributed by atoms with van der Waals surface area (Å²) in [6, 6.07) is 15.2. The molecule has 7 heteroatoms. The summed E-state index contributed by atoms with van der Waals surface area (Å²) in [5.74, 6) is 1.37. The van der Waals surface area contributed by atoms with E-state index in [4.69, 9.17) is 4.42 Å². The number of oxazole rings is 1. The third-order valence-electron chi connectivity index (χ3n) is 4.56.